The number of rotatable bonds is 10. The number of benzene rings is 3. The van der Waals surface area contributed by atoms with Crippen molar-refractivity contribution in [2.24, 2.45) is 0 Å². The summed E-state index contributed by atoms with van der Waals surface area (Å²) in [5, 5.41) is 8.99. The Morgan fingerprint density at radius 2 is 1.72 bits per heavy atom. The van der Waals surface area contributed by atoms with Crippen LogP contribution in [0.4, 0.5) is 11.4 Å². The molecular formula is C32H33N3O4. The second kappa shape index (κ2) is 13.4. The highest BCUT2D eigenvalue weighted by molar-refractivity contribution is 5.97. The molecule has 0 spiro atoms. The zero-order valence-corrected chi connectivity index (χ0v) is 22.3. The van der Waals surface area contributed by atoms with Gasteiger partial charge in [-0.15, -0.1) is 0 Å². The number of carbonyl (C=O) groups excluding carboxylic acids is 3. The van der Waals surface area contributed by atoms with Gasteiger partial charge in [-0.05, 0) is 73.2 Å². The lowest BCUT2D eigenvalue weighted by atomic mass is 9.99. The number of ether oxygens (including phenoxy) is 1. The Labute approximate surface area is 229 Å². The van der Waals surface area contributed by atoms with Crippen LogP contribution in [0.1, 0.15) is 54.9 Å². The van der Waals surface area contributed by atoms with Gasteiger partial charge in [0.25, 0.3) is 0 Å². The van der Waals surface area contributed by atoms with Crippen molar-refractivity contribution in [2.45, 2.75) is 52.0 Å². The van der Waals surface area contributed by atoms with Crippen molar-refractivity contribution in [1.82, 2.24) is 0 Å². The third kappa shape index (κ3) is 7.32. The summed E-state index contributed by atoms with van der Waals surface area (Å²) in [4.78, 5) is 41.9. The van der Waals surface area contributed by atoms with Crippen LogP contribution in [0.5, 0.6) is 0 Å². The lowest BCUT2D eigenvalue weighted by Crippen LogP contribution is -2.36. The standard InChI is InChI=1S/C32H33N3O4/c1-2-39-32(38)19-18-31(37)35(23-26-7-4-3-5-8-26)28-15-16-29-27(21-28)9-6-20-34(29)30(36)17-14-24-10-12-25(22-33)13-11-24/h3-5,7-8,10-13,15-16,21H,2,6,9,14,17-20,23H2,1H3. The van der Waals surface area contributed by atoms with Crippen molar-refractivity contribution in [3.63, 3.8) is 0 Å². The van der Waals surface area contributed by atoms with Crippen LogP contribution in [-0.2, 0) is 38.5 Å². The zero-order chi connectivity index (χ0) is 27.6. The van der Waals surface area contributed by atoms with Crippen LogP contribution in [0.2, 0.25) is 0 Å². The van der Waals surface area contributed by atoms with Crippen molar-refractivity contribution in [2.75, 3.05) is 23.0 Å². The van der Waals surface area contributed by atoms with Gasteiger partial charge in [-0.3, -0.25) is 14.4 Å². The molecule has 1 heterocycles. The van der Waals surface area contributed by atoms with Gasteiger partial charge in [-0.2, -0.15) is 5.26 Å². The summed E-state index contributed by atoms with van der Waals surface area (Å²) in [7, 11) is 0. The van der Waals surface area contributed by atoms with Gasteiger partial charge in [-0.25, -0.2) is 0 Å². The topological polar surface area (TPSA) is 90.7 Å². The van der Waals surface area contributed by atoms with Gasteiger partial charge < -0.3 is 14.5 Å². The summed E-state index contributed by atoms with van der Waals surface area (Å²) < 4.78 is 5.00. The molecule has 0 N–H and O–H groups in total. The smallest absolute Gasteiger partial charge is 0.306 e. The first-order chi connectivity index (χ1) is 19.0. The molecule has 0 radical (unpaired) electrons. The Bertz CT molecular complexity index is 1350. The van der Waals surface area contributed by atoms with E-state index >= 15 is 0 Å². The minimum absolute atomic E-state index is 0.0322. The van der Waals surface area contributed by atoms with E-state index in [4.69, 9.17) is 10.00 Å². The maximum Gasteiger partial charge on any atom is 0.306 e. The molecule has 0 bridgehead atoms. The summed E-state index contributed by atoms with van der Waals surface area (Å²) >= 11 is 0. The molecular weight excluding hydrogens is 490 g/mol. The molecule has 7 heteroatoms. The molecule has 0 saturated carbocycles. The molecule has 4 rings (SSSR count). The van der Waals surface area contributed by atoms with Crippen LogP contribution >= 0.6 is 0 Å². The normalized spacial score (nSPS) is 12.3. The van der Waals surface area contributed by atoms with Crippen LogP contribution in [0.25, 0.3) is 0 Å². The van der Waals surface area contributed by atoms with Crippen molar-refractivity contribution < 1.29 is 19.1 Å². The van der Waals surface area contributed by atoms with Gasteiger partial charge in [-0.1, -0.05) is 42.5 Å². The monoisotopic (exact) mass is 523 g/mol. The molecule has 1 aliphatic heterocycles. The zero-order valence-electron chi connectivity index (χ0n) is 22.3. The van der Waals surface area contributed by atoms with Crippen LogP contribution < -0.4 is 9.80 Å². The third-order valence-electron chi connectivity index (χ3n) is 6.84. The highest BCUT2D eigenvalue weighted by atomic mass is 16.5. The average Bonchev–Trinajstić information content (AvgIpc) is 2.97. The van der Waals surface area contributed by atoms with Gasteiger partial charge in [0, 0.05) is 30.8 Å². The Morgan fingerprint density at radius 1 is 0.949 bits per heavy atom. The van der Waals surface area contributed by atoms with Crippen LogP contribution in [0.3, 0.4) is 0 Å². The maximum absolute atomic E-state index is 13.3. The van der Waals surface area contributed by atoms with Gasteiger partial charge in [0.1, 0.15) is 0 Å². The fourth-order valence-electron chi connectivity index (χ4n) is 4.81. The van der Waals surface area contributed by atoms with E-state index in [1.54, 1.807) is 24.0 Å². The van der Waals surface area contributed by atoms with Crippen LogP contribution in [0, 0.1) is 11.3 Å². The summed E-state index contributed by atoms with van der Waals surface area (Å²) in [5.41, 5.74) is 5.27. The predicted octanol–water partition coefficient (Wildman–Crippen LogP) is 5.35. The number of hydrogen-bond donors (Lipinski definition) is 0. The number of fused-ring (bicyclic) bond motifs is 1. The summed E-state index contributed by atoms with van der Waals surface area (Å²) in [6, 6.07) is 25.0. The van der Waals surface area contributed by atoms with Gasteiger partial charge >= 0.3 is 5.97 Å². The molecule has 1 aliphatic rings. The molecule has 0 aromatic heterocycles. The minimum atomic E-state index is -0.383. The minimum Gasteiger partial charge on any atom is -0.466 e. The molecule has 3 aromatic rings. The van der Waals surface area contributed by atoms with Crippen LogP contribution in [-0.4, -0.2) is 30.9 Å². The van der Waals surface area contributed by atoms with E-state index in [0.717, 1.165) is 40.9 Å². The third-order valence-corrected chi connectivity index (χ3v) is 6.84. The van der Waals surface area contributed by atoms with E-state index < -0.39 is 0 Å². The molecule has 0 unspecified atom stereocenters. The van der Waals surface area contributed by atoms with Crippen molar-refractivity contribution >= 4 is 29.2 Å². The SMILES string of the molecule is CCOC(=O)CCC(=O)N(Cc1ccccc1)c1ccc2c(c1)CCCN2C(=O)CCc1ccc(C#N)cc1. The molecule has 0 aliphatic carbocycles. The summed E-state index contributed by atoms with van der Waals surface area (Å²) in [6.45, 7) is 3.07. The Hall–Kier alpha value is -4.44. The number of nitrogens with zero attached hydrogens (tertiary/aromatic N) is 3. The molecule has 2 amide bonds. The molecule has 39 heavy (non-hydrogen) atoms. The average molecular weight is 524 g/mol. The first-order valence-electron chi connectivity index (χ1n) is 13.4. The van der Waals surface area contributed by atoms with Gasteiger partial charge in [0.2, 0.25) is 11.8 Å². The summed E-state index contributed by atoms with van der Waals surface area (Å²) in [5.74, 6) is -0.483. The van der Waals surface area contributed by atoms with Gasteiger partial charge in [0.05, 0.1) is 31.2 Å². The molecule has 0 saturated heterocycles. The second-order valence-corrected chi connectivity index (χ2v) is 9.54. The van der Waals surface area contributed by atoms with E-state index in [1.807, 2.05) is 65.6 Å². The lowest BCUT2D eigenvalue weighted by Gasteiger charge is -2.31. The number of esters is 1. The van der Waals surface area contributed by atoms with Crippen LogP contribution in [0.15, 0.2) is 72.8 Å². The fourth-order valence-corrected chi connectivity index (χ4v) is 4.81. The number of nitriles is 1. The van der Waals surface area contributed by atoms with Crippen molar-refractivity contribution in [3.05, 3.63) is 95.1 Å². The van der Waals surface area contributed by atoms with E-state index in [2.05, 4.69) is 6.07 Å². The summed E-state index contributed by atoms with van der Waals surface area (Å²) in [6.07, 6.45) is 2.73. The van der Waals surface area contributed by atoms with Crippen molar-refractivity contribution in [1.29, 1.82) is 5.26 Å². The number of anilines is 2. The quantitative estimate of drug-likeness (QED) is 0.334. The highest BCUT2D eigenvalue weighted by Crippen LogP contribution is 2.32. The lowest BCUT2D eigenvalue weighted by molar-refractivity contribution is -0.144. The first-order valence-corrected chi connectivity index (χ1v) is 13.4. The van der Waals surface area contributed by atoms with E-state index in [-0.39, 0.29) is 37.2 Å². The number of amides is 2. The molecule has 0 atom stereocenters. The predicted molar refractivity (Wildman–Crippen MR) is 150 cm³/mol. The molecule has 0 fully saturated rings. The van der Waals surface area contributed by atoms with Gasteiger partial charge in [0.15, 0.2) is 0 Å². The van der Waals surface area contributed by atoms with E-state index in [0.29, 0.717) is 31.5 Å². The molecule has 7 nitrogen and oxygen atoms in total. The molecule has 200 valence electrons. The molecule has 3 aromatic carbocycles. The number of hydrogen-bond acceptors (Lipinski definition) is 5. The first kappa shape index (κ1) is 27.6. The second-order valence-electron chi connectivity index (χ2n) is 9.54. The number of carbonyl (C=O) groups is 3. The Balaban J connectivity index is 1.51. The number of aryl methyl sites for hydroxylation is 2. The maximum atomic E-state index is 13.3. The van der Waals surface area contributed by atoms with Crippen molar-refractivity contribution in [3.8, 4) is 6.07 Å². The Kier molecular flexibility index (Phi) is 9.47. The highest BCUT2D eigenvalue weighted by Gasteiger charge is 2.25. The van der Waals surface area contributed by atoms with E-state index in [9.17, 15) is 14.4 Å². The Morgan fingerprint density at radius 3 is 2.44 bits per heavy atom. The fraction of sp³-hybridized carbons (Fsp3) is 0.312. The van der Waals surface area contributed by atoms with E-state index in [1.165, 1.54) is 0 Å². The largest absolute Gasteiger partial charge is 0.466 e.